The van der Waals surface area contributed by atoms with Crippen molar-refractivity contribution < 1.29 is 13.6 Å². The third-order valence-corrected chi connectivity index (χ3v) is 3.07. The second kappa shape index (κ2) is 5.02. The molecule has 1 aromatic rings. The van der Waals surface area contributed by atoms with E-state index >= 15 is 0 Å². The van der Waals surface area contributed by atoms with Crippen LogP contribution in [0.2, 0.25) is 0 Å². The van der Waals surface area contributed by atoms with Crippen molar-refractivity contribution in [3.05, 3.63) is 34.9 Å². The van der Waals surface area contributed by atoms with Crippen molar-refractivity contribution in [3.8, 4) is 0 Å². The van der Waals surface area contributed by atoms with Crippen molar-refractivity contribution in [3.63, 3.8) is 0 Å². The lowest BCUT2D eigenvalue weighted by atomic mass is 9.83. The van der Waals surface area contributed by atoms with Gasteiger partial charge in [0.1, 0.15) is 11.6 Å². The van der Waals surface area contributed by atoms with Crippen molar-refractivity contribution >= 4 is 5.91 Å². The van der Waals surface area contributed by atoms with Gasteiger partial charge in [0.15, 0.2) is 0 Å². The van der Waals surface area contributed by atoms with E-state index in [0.717, 1.165) is 6.07 Å². The molecule has 3 nitrogen and oxygen atoms in total. The number of amides is 1. The van der Waals surface area contributed by atoms with Gasteiger partial charge in [-0.15, -0.1) is 0 Å². The van der Waals surface area contributed by atoms with Crippen LogP contribution in [0.3, 0.4) is 0 Å². The number of aryl methyl sites for hydroxylation is 1. The minimum atomic E-state index is -0.839. The van der Waals surface area contributed by atoms with E-state index in [9.17, 15) is 13.6 Å². The number of rotatable bonds is 4. The lowest BCUT2D eigenvalue weighted by Gasteiger charge is -2.25. The van der Waals surface area contributed by atoms with Gasteiger partial charge in [-0.2, -0.15) is 0 Å². The van der Waals surface area contributed by atoms with Gasteiger partial charge in [-0.25, -0.2) is 8.78 Å². The van der Waals surface area contributed by atoms with Crippen LogP contribution in [-0.4, -0.2) is 5.91 Å². The molecule has 4 N–H and O–H groups in total. The minimum Gasteiger partial charge on any atom is -0.369 e. The first-order valence-electron chi connectivity index (χ1n) is 5.66. The molecule has 0 aliphatic heterocycles. The molecule has 1 amide bonds. The zero-order valence-corrected chi connectivity index (χ0v) is 10.8. The maximum absolute atomic E-state index is 13.6. The molecule has 0 bridgehead atoms. The molecule has 0 spiro atoms. The van der Waals surface area contributed by atoms with Crippen molar-refractivity contribution in [2.75, 3.05) is 0 Å². The van der Waals surface area contributed by atoms with E-state index in [4.69, 9.17) is 11.5 Å². The highest BCUT2D eigenvalue weighted by molar-refractivity contribution is 5.79. The molecule has 0 aliphatic carbocycles. The quantitative estimate of drug-likeness (QED) is 0.866. The summed E-state index contributed by atoms with van der Waals surface area (Å²) in [4.78, 5) is 11.2. The van der Waals surface area contributed by atoms with Crippen molar-refractivity contribution in [1.82, 2.24) is 0 Å². The van der Waals surface area contributed by atoms with Crippen LogP contribution in [0.1, 0.15) is 37.4 Å². The lowest BCUT2D eigenvalue weighted by Crippen LogP contribution is -2.34. The monoisotopic (exact) mass is 256 g/mol. The van der Waals surface area contributed by atoms with Gasteiger partial charge < -0.3 is 11.5 Å². The van der Waals surface area contributed by atoms with Gasteiger partial charge in [-0.3, -0.25) is 4.79 Å². The second-order valence-electron chi connectivity index (χ2n) is 5.18. The van der Waals surface area contributed by atoms with Gasteiger partial charge in [0.2, 0.25) is 5.91 Å². The molecule has 0 radical (unpaired) electrons. The van der Waals surface area contributed by atoms with E-state index in [1.165, 1.54) is 13.0 Å². The van der Waals surface area contributed by atoms with E-state index in [-0.39, 0.29) is 12.0 Å². The van der Waals surface area contributed by atoms with Crippen LogP contribution in [0.25, 0.3) is 0 Å². The average molecular weight is 256 g/mol. The Bertz CT molecular complexity index is 472. The van der Waals surface area contributed by atoms with Gasteiger partial charge in [0, 0.05) is 23.1 Å². The Morgan fingerprint density at radius 1 is 1.33 bits per heavy atom. The van der Waals surface area contributed by atoms with Gasteiger partial charge in [0.25, 0.3) is 0 Å². The topological polar surface area (TPSA) is 69.1 Å². The van der Waals surface area contributed by atoms with Gasteiger partial charge in [-0.1, -0.05) is 13.8 Å². The number of halogens is 2. The van der Waals surface area contributed by atoms with E-state index in [2.05, 4.69) is 0 Å². The van der Waals surface area contributed by atoms with Crippen LogP contribution >= 0.6 is 0 Å². The smallest absolute Gasteiger partial charge is 0.223 e. The third-order valence-electron chi connectivity index (χ3n) is 3.07. The Labute approximate surface area is 105 Å². The maximum Gasteiger partial charge on any atom is 0.223 e. The zero-order valence-electron chi connectivity index (χ0n) is 10.8. The molecule has 1 rings (SSSR count). The van der Waals surface area contributed by atoms with Crippen LogP contribution in [0.4, 0.5) is 8.78 Å². The molecule has 0 saturated carbocycles. The highest BCUT2D eigenvalue weighted by Gasteiger charge is 2.29. The predicted octanol–water partition coefficient (Wildman–Crippen LogP) is 2.17. The summed E-state index contributed by atoms with van der Waals surface area (Å²) in [6, 6.07) is 1.47. The van der Waals surface area contributed by atoms with Crippen molar-refractivity contribution in [2.45, 2.75) is 33.2 Å². The molecule has 0 aromatic heterocycles. The van der Waals surface area contributed by atoms with Crippen LogP contribution in [0, 0.1) is 24.0 Å². The molecule has 5 heteroatoms. The van der Waals surface area contributed by atoms with Crippen molar-refractivity contribution in [1.29, 1.82) is 0 Å². The number of carbonyl (C=O) groups is 1. The number of carbonyl (C=O) groups excluding carboxylic acids is 1. The molecule has 0 fully saturated rings. The number of primary amides is 1. The van der Waals surface area contributed by atoms with E-state index in [1.54, 1.807) is 13.8 Å². The SMILES string of the molecule is Cc1cc(C(N)CC(C)(C)C(N)=O)c(F)cc1F. The highest BCUT2D eigenvalue weighted by Crippen LogP contribution is 2.30. The van der Waals surface area contributed by atoms with Crippen LogP contribution in [0.5, 0.6) is 0 Å². The molecule has 18 heavy (non-hydrogen) atoms. The maximum atomic E-state index is 13.6. The summed E-state index contributed by atoms with van der Waals surface area (Å²) < 4.78 is 26.8. The van der Waals surface area contributed by atoms with E-state index in [0.29, 0.717) is 5.56 Å². The molecule has 0 saturated heterocycles. The molecular formula is C13H18F2N2O. The normalized spacial score (nSPS) is 13.4. The fraction of sp³-hybridized carbons (Fsp3) is 0.462. The Balaban J connectivity index is 3.01. The summed E-state index contributed by atoms with van der Waals surface area (Å²) >= 11 is 0. The molecular weight excluding hydrogens is 238 g/mol. The Morgan fingerprint density at radius 3 is 2.39 bits per heavy atom. The van der Waals surface area contributed by atoms with Crippen LogP contribution in [0.15, 0.2) is 12.1 Å². The van der Waals surface area contributed by atoms with Crippen LogP contribution in [-0.2, 0) is 4.79 Å². The van der Waals surface area contributed by atoms with Gasteiger partial charge >= 0.3 is 0 Å². The summed E-state index contributed by atoms with van der Waals surface area (Å²) in [6.07, 6.45) is 0.199. The fourth-order valence-electron chi connectivity index (χ4n) is 1.72. The number of benzene rings is 1. The fourth-order valence-corrected chi connectivity index (χ4v) is 1.72. The Kier molecular flexibility index (Phi) is 4.06. The largest absolute Gasteiger partial charge is 0.369 e. The van der Waals surface area contributed by atoms with Gasteiger partial charge in [-0.05, 0) is 25.0 Å². The zero-order chi connectivity index (χ0) is 14.1. The molecule has 1 unspecified atom stereocenters. The summed E-state index contributed by atoms with van der Waals surface area (Å²) in [5, 5.41) is 0. The second-order valence-corrected chi connectivity index (χ2v) is 5.18. The van der Waals surface area contributed by atoms with E-state index < -0.39 is 29.0 Å². The average Bonchev–Trinajstić information content (AvgIpc) is 2.22. The van der Waals surface area contributed by atoms with E-state index in [1.807, 2.05) is 0 Å². The first kappa shape index (κ1) is 14.6. The molecule has 1 atom stereocenters. The minimum absolute atomic E-state index is 0.197. The Morgan fingerprint density at radius 2 is 1.89 bits per heavy atom. The first-order valence-corrected chi connectivity index (χ1v) is 5.66. The third kappa shape index (κ3) is 3.04. The first-order chi connectivity index (χ1) is 8.15. The summed E-state index contributed by atoms with van der Waals surface area (Å²) in [5.41, 5.74) is 10.8. The number of nitrogens with two attached hydrogens (primary N) is 2. The lowest BCUT2D eigenvalue weighted by molar-refractivity contribution is -0.126. The molecule has 0 heterocycles. The number of hydrogen-bond acceptors (Lipinski definition) is 2. The van der Waals surface area contributed by atoms with Crippen LogP contribution < -0.4 is 11.5 Å². The molecule has 1 aromatic carbocycles. The molecule has 0 aliphatic rings. The summed E-state index contributed by atoms with van der Waals surface area (Å²) in [5.74, 6) is -1.82. The predicted molar refractivity (Wildman–Crippen MR) is 65.6 cm³/mol. The van der Waals surface area contributed by atoms with Gasteiger partial charge in [0.05, 0.1) is 0 Å². The standard InChI is InChI=1S/C13H18F2N2O/c1-7-4-8(10(15)5-9(7)14)11(16)6-13(2,3)12(17)18/h4-5,11H,6,16H2,1-3H3,(H2,17,18). The van der Waals surface area contributed by atoms with Crippen molar-refractivity contribution in [2.24, 2.45) is 16.9 Å². The highest BCUT2D eigenvalue weighted by atomic mass is 19.1. The number of hydrogen-bond donors (Lipinski definition) is 2. The Hall–Kier alpha value is -1.49. The summed E-state index contributed by atoms with van der Waals surface area (Å²) in [7, 11) is 0. The molecule has 100 valence electrons. The summed E-state index contributed by atoms with van der Waals surface area (Å²) in [6.45, 7) is 4.82.